The normalized spacial score (nSPS) is 34.5. The lowest BCUT2D eigenvalue weighted by Gasteiger charge is -2.36. The van der Waals surface area contributed by atoms with Crippen molar-refractivity contribution < 1.29 is 13.6 Å². The Morgan fingerprint density at radius 1 is 1.62 bits per heavy atom. The molecule has 0 aromatic carbocycles. The monoisotopic (exact) mass is 250 g/mol. The van der Waals surface area contributed by atoms with Gasteiger partial charge in [0.2, 0.25) is 0 Å². The van der Waals surface area contributed by atoms with Gasteiger partial charge in [0.05, 0.1) is 14.8 Å². The maximum atomic E-state index is 11.0. The first-order valence-corrected chi connectivity index (χ1v) is 17.9. The van der Waals surface area contributed by atoms with Crippen LogP contribution < -0.4 is 0 Å². The highest BCUT2D eigenvalue weighted by Crippen LogP contribution is 2.22. The van der Waals surface area contributed by atoms with Crippen molar-refractivity contribution in [1.29, 1.82) is 0 Å². The molecule has 1 atom stereocenters. The molecule has 1 fully saturated rings. The SMILES string of the molecule is CC(=O)O[Si]1(C(C)C)CO[SiH2][SiH2][SiH2]1. The van der Waals surface area contributed by atoms with Crippen LogP contribution in [0.2, 0.25) is 5.54 Å². The van der Waals surface area contributed by atoms with Crippen LogP contribution in [0.25, 0.3) is 0 Å². The average Bonchev–Trinajstić information content (AvgIpc) is 2.04. The van der Waals surface area contributed by atoms with E-state index in [0.29, 0.717) is 5.54 Å². The van der Waals surface area contributed by atoms with E-state index in [9.17, 15) is 4.79 Å². The first kappa shape index (κ1) is 11.4. The Hall–Kier alpha value is 0.298. The number of hydrogen-bond acceptors (Lipinski definition) is 3. The summed E-state index contributed by atoms with van der Waals surface area (Å²) in [4.78, 5) is 11.0. The maximum absolute atomic E-state index is 11.0. The molecule has 0 aliphatic carbocycles. The molecule has 0 aromatic heterocycles. The molecule has 7 heteroatoms. The molecule has 1 rings (SSSR count). The molecular formula is C6H18O3Si4. The van der Waals surface area contributed by atoms with Gasteiger partial charge in [-0.25, -0.2) is 0 Å². The largest absolute Gasteiger partial charge is 0.521 e. The number of carbonyl (C=O) groups is 1. The highest BCUT2D eigenvalue weighted by molar-refractivity contribution is 7.53. The van der Waals surface area contributed by atoms with Crippen LogP contribution in [0.1, 0.15) is 20.8 Å². The minimum Gasteiger partial charge on any atom is -0.521 e. The van der Waals surface area contributed by atoms with E-state index >= 15 is 0 Å². The van der Waals surface area contributed by atoms with Gasteiger partial charge in [-0.15, -0.1) is 0 Å². The Bertz CT molecular complexity index is 190. The van der Waals surface area contributed by atoms with Crippen molar-refractivity contribution in [2.45, 2.75) is 26.3 Å². The lowest BCUT2D eigenvalue weighted by Crippen LogP contribution is -2.60. The summed E-state index contributed by atoms with van der Waals surface area (Å²) in [5.41, 5.74) is 0.574. The fourth-order valence-electron chi connectivity index (χ4n) is 1.73. The Balaban J connectivity index is 2.67. The second kappa shape index (κ2) is 4.69. The topological polar surface area (TPSA) is 35.5 Å². The van der Waals surface area contributed by atoms with Crippen molar-refractivity contribution >= 4 is 40.2 Å². The molecule has 1 heterocycles. The van der Waals surface area contributed by atoms with Crippen molar-refractivity contribution in [3.05, 3.63) is 0 Å². The molecule has 0 spiro atoms. The number of rotatable bonds is 2. The molecule has 13 heavy (non-hydrogen) atoms. The van der Waals surface area contributed by atoms with Gasteiger partial charge in [0, 0.05) is 15.5 Å². The zero-order valence-electron chi connectivity index (χ0n) is 8.63. The third kappa shape index (κ3) is 2.87. The van der Waals surface area contributed by atoms with Gasteiger partial charge in [-0.05, 0) is 5.54 Å². The summed E-state index contributed by atoms with van der Waals surface area (Å²) in [5.74, 6) is -0.0750. The second-order valence-electron chi connectivity index (χ2n) is 3.97. The maximum Gasteiger partial charge on any atom is 0.289 e. The highest BCUT2D eigenvalue weighted by atomic mass is 29.7. The fraction of sp³-hybridized carbons (Fsp3) is 0.833. The van der Waals surface area contributed by atoms with Gasteiger partial charge in [-0.1, -0.05) is 13.8 Å². The van der Waals surface area contributed by atoms with E-state index in [4.69, 9.17) is 8.85 Å². The van der Waals surface area contributed by atoms with Crippen molar-refractivity contribution in [1.82, 2.24) is 0 Å². The van der Waals surface area contributed by atoms with E-state index in [1.165, 1.54) is 0 Å². The van der Waals surface area contributed by atoms with Gasteiger partial charge >= 0.3 is 0 Å². The summed E-state index contributed by atoms with van der Waals surface area (Å²) >= 11 is 0. The van der Waals surface area contributed by atoms with Crippen LogP contribution in [0.15, 0.2) is 0 Å². The summed E-state index contributed by atoms with van der Waals surface area (Å²) in [6.07, 6.45) is 0.843. The summed E-state index contributed by atoms with van der Waals surface area (Å²) in [6.45, 7) is 5.94. The van der Waals surface area contributed by atoms with Crippen LogP contribution in [0.4, 0.5) is 0 Å². The van der Waals surface area contributed by atoms with Crippen LogP contribution in [0.5, 0.6) is 0 Å². The molecule has 1 saturated heterocycles. The van der Waals surface area contributed by atoms with Gasteiger partial charge in [-0.3, -0.25) is 4.79 Å². The first-order valence-electron chi connectivity index (χ1n) is 4.84. The highest BCUT2D eigenvalue weighted by Gasteiger charge is 2.43. The van der Waals surface area contributed by atoms with E-state index in [-0.39, 0.29) is 32.4 Å². The van der Waals surface area contributed by atoms with Gasteiger partial charge in [-0.2, -0.15) is 0 Å². The van der Waals surface area contributed by atoms with Crippen molar-refractivity contribution in [3.8, 4) is 0 Å². The molecule has 0 radical (unpaired) electrons. The quantitative estimate of drug-likeness (QED) is 0.544. The predicted molar refractivity (Wildman–Crippen MR) is 64.2 cm³/mol. The molecule has 0 amide bonds. The first-order chi connectivity index (χ1) is 6.07. The lowest BCUT2D eigenvalue weighted by molar-refractivity contribution is -0.132. The number of hydrogen-bond donors (Lipinski definition) is 0. The van der Waals surface area contributed by atoms with Crippen molar-refractivity contribution in [3.63, 3.8) is 0 Å². The van der Waals surface area contributed by atoms with Crippen molar-refractivity contribution in [2.24, 2.45) is 0 Å². The zero-order valence-corrected chi connectivity index (χ0v) is 13.9. The minimum atomic E-state index is -1.66. The average molecular weight is 251 g/mol. The standard InChI is InChI=1S/C6H18O3Si4/c1-5(2)13(9-6(3)7)4-8-10-11-12-13/h5H,4,10-12H2,1-3H3. The lowest BCUT2D eigenvalue weighted by atomic mass is 10.6. The fourth-order valence-corrected chi connectivity index (χ4v) is 51.2. The summed E-state index contributed by atoms with van der Waals surface area (Å²) in [7, 11) is -1.59. The molecule has 3 nitrogen and oxygen atoms in total. The molecule has 0 saturated carbocycles. The predicted octanol–water partition coefficient (Wildman–Crippen LogP) is -1.78. The third-order valence-electron chi connectivity index (χ3n) is 2.63. The Morgan fingerprint density at radius 3 is 2.69 bits per heavy atom. The molecule has 0 aromatic rings. The molecule has 0 N–H and O–H groups in total. The van der Waals surface area contributed by atoms with E-state index in [2.05, 4.69) is 13.8 Å². The second-order valence-corrected chi connectivity index (χ2v) is 29.1. The Kier molecular flexibility index (Phi) is 4.10. The smallest absolute Gasteiger partial charge is 0.289 e. The van der Waals surface area contributed by atoms with Gasteiger partial charge in [0.25, 0.3) is 13.8 Å². The summed E-state index contributed by atoms with van der Waals surface area (Å²) in [5, 5.41) is 0. The molecular weight excluding hydrogens is 232 g/mol. The van der Waals surface area contributed by atoms with Gasteiger partial charge in [0.1, 0.15) is 9.28 Å². The van der Waals surface area contributed by atoms with Crippen LogP contribution >= 0.6 is 0 Å². The molecule has 1 aliphatic heterocycles. The summed E-state index contributed by atoms with van der Waals surface area (Å²) in [6, 6.07) is 0. The van der Waals surface area contributed by atoms with Crippen LogP contribution in [0, 0.1) is 0 Å². The van der Waals surface area contributed by atoms with E-state index < -0.39 is 7.83 Å². The third-order valence-corrected chi connectivity index (χ3v) is 40.3. The zero-order chi connectivity index (χ0) is 9.90. The van der Waals surface area contributed by atoms with Crippen LogP contribution in [-0.4, -0.2) is 46.4 Å². The Morgan fingerprint density at radius 2 is 2.31 bits per heavy atom. The minimum absolute atomic E-state index is 0.00319. The van der Waals surface area contributed by atoms with Gasteiger partial charge in [0.15, 0.2) is 0 Å². The van der Waals surface area contributed by atoms with Gasteiger partial charge < -0.3 is 8.85 Å². The Labute approximate surface area is 86.7 Å². The molecule has 0 bridgehead atoms. The van der Waals surface area contributed by atoms with Crippen molar-refractivity contribution in [2.75, 3.05) is 6.23 Å². The van der Waals surface area contributed by atoms with Crippen LogP contribution in [-0.2, 0) is 13.6 Å². The molecule has 1 aliphatic rings. The molecule has 76 valence electrons. The molecule has 1 unspecified atom stereocenters. The summed E-state index contributed by atoms with van der Waals surface area (Å²) < 4.78 is 11.3. The van der Waals surface area contributed by atoms with E-state index in [0.717, 1.165) is 6.23 Å². The number of carbonyl (C=O) groups excluding carboxylic acids is 1. The van der Waals surface area contributed by atoms with E-state index in [1.54, 1.807) is 6.92 Å². The van der Waals surface area contributed by atoms with E-state index in [1.807, 2.05) is 0 Å². The van der Waals surface area contributed by atoms with Crippen LogP contribution in [0.3, 0.4) is 0 Å².